The maximum Gasteiger partial charge on any atom is 0.255 e. The largest absolute Gasteiger partial charge is 0.342 e. The highest BCUT2D eigenvalue weighted by Crippen LogP contribution is 2.21. The summed E-state index contributed by atoms with van der Waals surface area (Å²) in [5, 5.41) is 2.97. The van der Waals surface area contributed by atoms with Crippen LogP contribution in [-0.4, -0.2) is 39.4 Å². The lowest BCUT2D eigenvalue weighted by atomic mass is 10.1. The molecular weight excluding hydrogens is 364 g/mol. The Morgan fingerprint density at radius 3 is 2.79 bits per heavy atom. The lowest BCUT2D eigenvalue weighted by Crippen LogP contribution is -2.36. The van der Waals surface area contributed by atoms with Gasteiger partial charge in [0.2, 0.25) is 5.91 Å². The lowest BCUT2D eigenvalue weighted by Gasteiger charge is -2.26. The van der Waals surface area contributed by atoms with Crippen LogP contribution in [0, 0.1) is 6.92 Å². The van der Waals surface area contributed by atoms with Crippen LogP contribution in [0.5, 0.6) is 0 Å². The zero-order chi connectivity index (χ0) is 20.4. The molecule has 0 radical (unpaired) electrons. The molecule has 0 unspecified atom stereocenters. The monoisotopic (exact) mass is 390 g/mol. The zero-order valence-corrected chi connectivity index (χ0v) is 16.9. The highest BCUT2D eigenvalue weighted by molar-refractivity contribution is 6.05. The van der Waals surface area contributed by atoms with E-state index in [1.807, 2.05) is 61.3 Å². The van der Waals surface area contributed by atoms with Crippen LogP contribution in [0.1, 0.15) is 41.0 Å². The number of imidazole rings is 1. The SMILES string of the molecule is Cc1ccccc1C(=O)Nc1ccc2c(c1)nc(CCN1CCCCC1=O)n2C. The van der Waals surface area contributed by atoms with Crippen LogP contribution < -0.4 is 5.32 Å². The Bertz CT molecular complexity index is 1070. The van der Waals surface area contributed by atoms with Gasteiger partial charge in [0.1, 0.15) is 5.82 Å². The first-order chi connectivity index (χ1) is 14.0. The zero-order valence-electron chi connectivity index (χ0n) is 16.9. The molecular formula is C23H26N4O2. The van der Waals surface area contributed by atoms with Crippen LogP contribution in [0.4, 0.5) is 5.69 Å². The van der Waals surface area contributed by atoms with Crippen LogP contribution in [0.25, 0.3) is 11.0 Å². The van der Waals surface area contributed by atoms with Gasteiger partial charge >= 0.3 is 0 Å². The minimum atomic E-state index is -0.123. The van der Waals surface area contributed by atoms with E-state index < -0.39 is 0 Å². The smallest absolute Gasteiger partial charge is 0.255 e. The molecule has 3 aromatic rings. The molecule has 150 valence electrons. The highest BCUT2D eigenvalue weighted by atomic mass is 16.2. The molecule has 1 fully saturated rings. The van der Waals surface area contributed by atoms with Crippen molar-refractivity contribution in [3.05, 3.63) is 59.4 Å². The van der Waals surface area contributed by atoms with E-state index in [1.54, 1.807) is 0 Å². The molecule has 1 aromatic heterocycles. The van der Waals surface area contributed by atoms with Crippen molar-refractivity contribution in [3.8, 4) is 0 Å². The summed E-state index contributed by atoms with van der Waals surface area (Å²) < 4.78 is 2.07. The number of aromatic nitrogens is 2. The number of hydrogen-bond acceptors (Lipinski definition) is 3. The van der Waals surface area contributed by atoms with Gasteiger partial charge in [0, 0.05) is 44.2 Å². The van der Waals surface area contributed by atoms with E-state index in [0.29, 0.717) is 18.5 Å². The number of carbonyl (C=O) groups excluding carboxylic acids is 2. The van der Waals surface area contributed by atoms with Crippen molar-refractivity contribution in [2.45, 2.75) is 32.6 Å². The molecule has 6 heteroatoms. The predicted molar refractivity (Wildman–Crippen MR) is 114 cm³/mol. The van der Waals surface area contributed by atoms with E-state index in [-0.39, 0.29) is 11.8 Å². The number of benzene rings is 2. The van der Waals surface area contributed by atoms with Gasteiger partial charge in [0.15, 0.2) is 0 Å². The van der Waals surface area contributed by atoms with Crippen molar-refractivity contribution in [1.82, 2.24) is 14.5 Å². The number of nitrogens with zero attached hydrogens (tertiary/aromatic N) is 3. The maximum absolute atomic E-state index is 12.6. The topological polar surface area (TPSA) is 67.2 Å². The molecule has 0 spiro atoms. The van der Waals surface area contributed by atoms with E-state index in [4.69, 9.17) is 4.98 Å². The first kappa shape index (κ1) is 19.2. The third kappa shape index (κ3) is 4.01. The molecule has 0 bridgehead atoms. The Morgan fingerprint density at radius 2 is 2.00 bits per heavy atom. The summed E-state index contributed by atoms with van der Waals surface area (Å²) in [7, 11) is 1.99. The third-order valence-corrected chi connectivity index (χ3v) is 5.65. The van der Waals surface area contributed by atoms with Gasteiger partial charge in [-0.2, -0.15) is 0 Å². The number of fused-ring (bicyclic) bond motifs is 1. The number of carbonyl (C=O) groups is 2. The molecule has 0 saturated carbocycles. The number of nitrogens with one attached hydrogen (secondary N) is 1. The van der Waals surface area contributed by atoms with Gasteiger partial charge in [0.05, 0.1) is 11.0 Å². The Kier molecular flexibility index (Phi) is 5.34. The molecule has 2 heterocycles. The Morgan fingerprint density at radius 1 is 1.17 bits per heavy atom. The number of anilines is 1. The van der Waals surface area contributed by atoms with Gasteiger partial charge < -0.3 is 14.8 Å². The third-order valence-electron chi connectivity index (χ3n) is 5.65. The van der Waals surface area contributed by atoms with Gasteiger partial charge in [-0.15, -0.1) is 0 Å². The molecule has 0 atom stereocenters. The molecule has 29 heavy (non-hydrogen) atoms. The minimum absolute atomic E-state index is 0.123. The fraction of sp³-hybridized carbons (Fsp3) is 0.348. The minimum Gasteiger partial charge on any atom is -0.342 e. The quantitative estimate of drug-likeness (QED) is 0.722. The Labute approximate surface area is 170 Å². The summed E-state index contributed by atoms with van der Waals surface area (Å²) in [5.41, 5.74) is 4.19. The van der Waals surface area contributed by atoms with Gasteiger partial charge in [0.25, 0.3) is 5.91 Å². The second-order valence-corrected chi connectivity index (χ2v) is 7.65. The van der Waals surface area contributed by atoms with Crippen molar-refractivity contribution < 1.29 is 9.59 Å². The fourth-order valence-electron chi connectivity index (χ4n) is 3.91. The average molecular weight is 390 g/mol. The molecule has 1 aliphatic rings. The van der Waals surface area contributed by atoms with Crippen molar-refractivity contribution in [2.24, 2.45) is 7.05 Å². The summed E-state index contributed by atoms with van der Waals surface area (Å²) in [5.74, 6) is 1.07. The summed E-state index contributed by atoms with van der Waals surface area (Å²) >= 11 is 0. The highest BCUT2D eigenvalue weighted by Gasteiger charge is 2.19. The summed E-state index contributed by atoms with van der Waals surface area (Å²) in [6.45, 7) is 3.47. The molecule has 2 aromatic carbocycles. The van der Waals surface area contributed by atoms with E-state index in [0.717, 1.165) is 53.9 Å². The molecule has 1 saturated heterocycles. The summed E-state index contributed by atoms with van der Waals surface area (Å²) in [6.07, 6.45) is 3.46. The van der Waals surface area contributed by atoms with Gasteiger partial charge in [-0.05, 0) is 49.6 Å². The van der Waals surface area contributed by atoms with Crippen molar-refractivity contribution in [3.63, 3.8) is 0 Å². The standard InChI is InChI=1S/C23H26N4O2/c1-16-7-3-4-8-18(16)23(29)24-17-10-11-20-19(15-17)25-21(26(20)2)12-14-27-13-6-5-9-22(27)28/h3-4,7-8,10-11,15H,5-6,9,12-14H2,1-2H3,(H,24,29). The van der Waals surface area contributed by atoms with Crippen molar-refractivity contribution in [2.75, 3.05) is 18.4 Å². The second-order valence-electron chi connectivity index (χ2n) is 7.65. The van der Waals surface area contributed by atoms with Gasteiger partial charge in [-0.1, -0.05) is 18.2 Å². The second kappa shape index (κ2) is 8.07. The maximum atomic E-state index is 12.6. The average Bonchev–Trinajstić information content (AvgIpc) is 3.02. The van der Waals surface area contributed by atoms with Crippen LogP contribution >= 0.6 is 0 Å². The van der Waals surface area contributed by atoms with E-state index in [2.05, 4.69) is 9.88 Å². The van der Waals surface area contributed by atoms with Crippen LogP contribution in [-0.2, 0) is 18.3 Å². The first-order valence-corrected chi connectivity index (χ1v) is 10.1. The fourth-order valence-corrected chi connectivity index (χ4v) is 3.91. The van der Waals surface area contributed by atoms with Crippen molar-refractivity contribution in [1.29, 1.82) is 0 Å². The summed E-state index contributed by atoms with van der Waals surface area (Å²) in [4.78, 5) is 31.3. The lowest BCUT2D eigenvalue weighted by molar-refractivity contribution is -0.133. The number of hydrogen-bond donors (Lipinski definition) is 1. The van der Waals surface area contributed by atoms with Gasteiger partial charge in [-0.3, -0.25) is 9.59 Å². The Balaban J connectivity index is 1.50. The molecule has 4 rings (SSSR count). The normalized spacial score (nSPS) is 14.4. The first-order valence-electron chi connectivity index (χ1n) is 10.1. The molecule has 6 nitrogen and oxygen atoms in total. The predicted octanol–water partition coefficient (Wildman–Crippen LogP) is 3.69. The van der Waals surface area contributed by atoms with E-state index in [1.165, 1.54) is 0 Å². The van der Waals surface area contributed by atoms with Gasteiger partial charge in [-0.25, -0.2) is 4.98 Å². The number of aryl methyl sites for hydroxylation is 2. The molecule has 1 N–H and O–H groups in total. The molecule has 0 aliphatic carbocycles. The number of rotatable bonds is 5. The Hall–Kier alpha value is -3.15. The molecule has 2 amide bonds. The molecule has 1 aliphatic heterocycles. The van der Waals surface area contributed by atoms with E-state index in [9.17, 15) is 9.59 Å². The number of piperidine rings is 1. The summed E-state index contributed by atoms with van der Waals surface area (Å²) in [6, 6.07) is 13.3. The van der Waals surface area contributed by atoms with Crippen LogP contribution in [0.3, 0.4) is 0 Å². The number of amides is 2. The van der Waals surface area contributed by atoms with Crippen LogP contribution in [0.15, 0.2) is 42.5 Å². The van der Waals surface area contributed by atoms with Crippen molar-refractivity contribution >= 4 is 28.5 Å². The van der Waals surface area contributed by atoms with Crippen LogP contribution in [0.2, 0.25) is 0 Å². The van der Waals surface area contributed by atoms with E-state index >= 15 is 0 Å². The number of likely N-dealkylation sites (tertiary alicyclic amines) is 1.